The van der Waals surface area contributed by atoms with Crippen molar-refractivity contribution in [1.82, 2.24) is 15.5 Å². The second kappa shape index (κ2) is 7.67. The maximum Gasteiger partial charge on any atom is 0.216 e. The fraction of sp³-hybridized carbons (Fsp3) is 0.923. The Kier molecular flexibility index (Phi) is 6.52. The summed E-state index contributed by atoms with van der Waals surface area (Å²) in [4.78, 5) is 13.2. The van der Waals surface area contributed by atoms with Crippen LogP contribution in [0.1, 0.15) is 33.6 Å². The normalized spacial score (nSPS) is 20.2. The molecule has 100 valence electrons. The molecule has 2 N–H and O–H groups in total. The molecule has 0 aromatic rings. The molecule has 1 heterocycles. The van der Waals surface area contributed by atoms with Crippen LogP contribution < -0.4 is 10.6 Å². The summed E-state index contributed by atoms with van der Waals surface area (Å²) in [5.41, 5.74) is 0. The van der Waals surface area contributed by atoms with E-state index in [4.69, 9.17) is 0 Å². The zero-order valence-corrected chi connectivity index (χ0v) is 11.5. The van der Waals surface area contributed by atoms with Gasteiger partial charge in [0, 0.05) is 26.1 Å². The zero-order chi connectivity index (χ0) is 12.7. The van der Waals surface area contributed by atoms with Gasteiger partial charge in [0.05, 0.1) is 0 Å². The molecule has 1 amide bonds. The highest BCUT2D eigenvalue weighted by molar-refractivity contribution is 5.72. The smallest absolute Gasteiger partial charge is 0.216 e. The maximum absolute atomic E-state index is 10.7. The molecule has 17 heavy (non-hydrogen) atoms. The third kappa shape index (κ3) is 5.50. The molecule has 1 saturated heterocycles. The summed E-state index contributed by atoms with van der Waals surface area (Å²) < 4.78 is 0. The SMILES string of the molecule is CCN1CCC(C(C)NCCNC(C)=O)CC1. The third-order valence-corrected chi connectivity index (χ3v) is 3.75. The minimum absolute atomic E-state index is 0.0516. The summed E-state index contributed by atoms with van der Waals surface area (Å²) in [6.45, 7) is 11.3. The van der Waals surface area contributed by atoms with Gasteiger partial charge in [-0.05, 0) is 45.3 Å². The molecule has 0 radical (unpaired) electrons. The minimum atomic E-state index is 0.0516. The molecule has 0 aliphatic carbocycles. The standard InChI is InChI=1S/C13H27N3O/c1-4-16-9-5-13(6-10-16)11(2)14-7-8-15-12(3)17/h11,13-14H,4-10H2,1-3H3,(H,15,17). The van der Waals surface area contributed by atoms with Crippen molar-refractivity contribution < 1.29 is 4.79 Å². The fourth-order valence-corrected chi connectivity index (χ4v) is 2.47. The molecule has 1 aliphatic rings. The Hall–Kier alpha value is -0.610. The lowest BCUT2D eigenvalue weighted by molar-refractivity contribution is -0.118. The average Bonchev–Trinajstić information content (AvgIpc) is 2.34. The summed E-state index contributed by atoms with van der Waals surface area (Å²) in [5, 5.41) is 6.32. The molecule has 0 spiro atoms. The average molecular weight is 241 g/mol. The highest BCUT2D eigenvalue weighted by Crippen LogP contribution is 2.20. The van der Waals surface area contributed by atoms with Crippen LogP contribution in [0.5, 0.6) is 0 Å². The Labute approximate surface area is 105 Å². The predicted molar refractivity (Wildman–Crippen MR) is 71.0 cm³/mol. The van der Waals surface area contributed by atoms with Crippen molar-refractivity contribution in [3.8, 4) is 0 Å². The van der Waals surface area contributed by atoms with Crippen LogP contribution in [-0.2, 0) is 4.79 Å². The summed E-state index contributed by atoms with van der Waals surface area (Å²) in [7, 11) is 0. The van der Waals surface area contributed by atoms with Crippen molar-refractivity contribution in [2.24, 2.45) is 5.92 Å². The van der Waals surface area contributed by atoms with E-state index in [9.17, 15) is 4.79 Å². The van der Waals surface area contributed by atoms with E-state index in [0.29, 0.717) is 6.04 Å². The van der Waals surface area contributed by atoms with Crippen LogP contribution in [0.15, 0.2) is 0 Å². The van der Waals surface area contributed by atoms with E-state index >= 15 is 0 Å². The molecule has 1 unspecified atom stereocenters. The number of amides is 1. The van der Waals surface area contributed by atoms with Crippen molar-refractivity contribution in [3.63, 3.8) is 0 Å². The number of carbonyl (C=O) groups is 1. The Morgan fingerprint density at radius 1 is 1.35 bits per heavy atom. The number of likely N-dealkylation sites (tertiary alicyclic amines) is 1. The van der Waals surface area contributed by atoms with Gasteiger partial charge in [-0.25, -0.2) is 0 Å². The predicted octanol–water partition coefficient (Wildman–Crippen LogP) is 0.833. The molecule has 0 bridgehead atoms. The van der Waals surface area contributed by atoms with Crippen LogP contribution in [0.25, 0.3) is 0 Å². The van der Waals surface area contributed by atoms with Gasteiger partial charge in [-0.2, -0.15) is 0 Å². The van der Waals surface area contributed by atoms with Gasteiger partial charge in [-0.15, -0.1) is 0 Å². The first-order chi connectivity index (χ1) is 8.13. The molecular weight excluding hydrogens is 214 g/mol. The van der Waals surface area contributed by atoms with E-state index < -0.39 is 0 Å². The molecule has 0 aromatic heterocycles. The number of hydrogen-bond donors (Lipinski definition) is 2. The summed E-state index contributed by atoms with van der Waals surface area (Å²) in [5.74, 6) is 0.839. The van der Waals surface area contributed by atoms with Crippen molar-refractivity contribution >= 4 is 5.91 Å². The molecule has 0 saturated carbocycles. The van der Waals surface area contributed by atoms with Gasteiger partial charge in [0.1, 0.15) is 0 Å². The third-order valence-electron chi connectivity index (χ3n) is 3.75. The molecule has 1 aliphatic heterocycles. The number of piperidine rings is 1. The van der Waals surface area contributed by atoms with Crippen molar-refractivity contribution in [2.45, 2.75) is 39.7 Å². The van der Waals surface area contributed by atoms with Crippen LogP contribution in [0, 0.1) is 5.92 Å². The van der Waals surface area contributed by atoms with Crippen LogP contribution >= 0.6 is 0 Å². The molecule has 1 rings (SSSR count). The Bertz CT molecular complexity index is 225. The van der Waals surface area contributed by atoms with Crippen LogP contribution in [0.3, 0.4) is 0 Å². The highest BCUT2D eigenvalue weighted by Gasteiger charge is 2.22. The van der Waals surface area contributed by atoms with E-state index in [1.165, 1.54) is 32.5 Å². The van der Waals surface area contributed by atoms with Crippen molar-refractivity contribution in [3.05, 3.63) is 0 Å². The molecule has 0 aromatic carbocycles. The van der Waals surface area contributed by atoms with E-state index in [-0.39, 0.29) is 5.91 Å². The number of carbonyl (C=O) groups excluding carboxylic acids is 1. The number of rotatable bonds is 6. The van der Waals surface area contributed by atoms with Crippen LogP contribution in [-0.4, -0.2) is 49.6 Å². The van der Waals surface area contributed by atoms with Crippen molar-refractivity contribution in [1.29, 1.82) is 0 Å². The Balaban J connectivity index is 2.11. The Morgan fingerprint density at radius 2 is 2.00 bits per heavy atom. The first kappa shape index (κ1) is 14.5. The molecule has 4 heteroatoms. The topological polar surface area (TPSA) is 44.4 Å². The van der Waals surface area contributed by atoms with E-state index in [1.54, 1.807) is 6.92 Å². The second-order valence-electron chi connectivity index (χ2n) is 5.00. The van der Waals surface area contributed by atoms with Gasteiger partial charge in [0.2, 0.25) is 5.91 Å². The largest absolute Gasteiger partial charge is 0.355 e. The van der Waals surface area contributed by atoms with Gasteiger partial charge in [-0.3, -0.25) is 4.79 Å². The molecule has 1 atom stereocenters. The van der Waals surface area contributed by atoms with Crippen LogP contribution in [0.2, 0.25) is 0 Å². The molecule has 4 nitrogen and oxygen atoms in total. The highest BCUT2D eigenvalue weighted by atomic mass is 16.1. The quantitative estimate of drug-likeness (QED) is 0.677. The number of hydrogen-bond acceptors (Lipinski definition) is 3. The first-order valence-electron chi connectivity index (χ1n) is 6.83. The lowest BCUT2D eigenvalue weighted by Crippen LogP contribution is -2.43. The second-order valence-corrected chi connectivity index (χ2v) is 5.00. The monoisotopic (exact) mass is 241 g/mol. The van der Waals surface area contributed by atoms with Crippen LogP contribution in [0.4, 0.5) is 0 Å². The van der Waals surface area contributed by atoms with Gasteiger partial charge in [0.15, 0.2) is 0 Å². The number of nitrogens with one attached hydrogen (secondary N) is 2. The number of nitrogens with zero attached hydrogens (tertiary/aromatic N) is 1. The maximum atomic E-state index is 10.7. The minimum Gasteiger partial charge on any atom is -0.355 e. The van der Waals surface area contributed by atoms with E-state index in [0.717, 1.165) is 19.0 Å². The zero-order valence-electron chi connectivity index (χ0n) is 11.5. The lowest BCUT2D eigenvalue weighted by Gasteiger charge is -2.34. The van der Waals surface area contributed by atoms with Gasteiger partial charge in [-0.1, -0.05) is 6.92 Å². The molecule has 1 fully saturated rings. The Morgan fingerprint density at radius 3 is 2.53 bits per heavy atom. The summed E-state index contributed by atoms with van der Waals surface area (Å²) >= 11 is 0. The fourth-order valence-electron chi connectivity index (χ4n) is 2.47. The van der Waals surface area contributed by atoms with Gasteiger partial charge < -0.3 is 15.5 Å². The van der Waals surface area contributed by atoms with Crippen molar-refractivity contribution in [2.75, 3.05) is 32.7 Å². The van der Waals surface area contributed by atoms with Gasteiger partial charge >= 0.3 is 0 Å². The first-order valence-corrected chi connectivity index (χ1v) is 6.83. The summed E-state index contributed by atoms with van der Waals surface area (Å²) in [6, 6.07) is 0.558. The molecular formula is C13H27N3O. The van der Waals surface area contributed by atoms with E-state index in [2.05, 4.69) is 29.4 Å². The lowest BCUT2D eigenvalue weighted by atomic mass is 9.90. The van der Waals surface area contributed by atoms with Gasteiger partial charge in [0.25, 0.3) is 0 Å². The summed E-state index contributed by atoms with van der Waals surface area (Å²) in [6.07, 6.45) is 2.59. The van der Waals surface area contributed by atoms with E-state index in [1.807, 2.05) is 0 Å².